The minimum atomic E-state index is -0.0982. The third-order valence-corrected chi connectivity index (χ3v) is 5.28. The van der Waals surface area contributed by atoms with Gasteiger partial charge in [-0.15, -0.1) is 0 Å². The first-order valence-corrected chi connectivity index (χ1v) is 9.60. The molecular weight excluding hydrogens is 324 g/mol. The van der Waals surface area contributed by atoms with Gasteiger partial charge in [0.25, 0.3) is 5.91 Å². The fourth-order valence-corrected chi connectivity index (χ4v) is 3.27. The van der Waals surface area contributed by atoms with Crippen LogP contribution in [0.4, 0.5) is 5.69 Å². The number of hydrogen-bond donors (Lipinski definition) is 2. The van der Waals surface area contributed by atoms with Crippen molar-refractivity contribution in [2.75, 3.05) is 11.9 Å². The Balaban J connectivity index is 1.33. The zero-order chi connectivity index (χ0) is 18.3. The smallest absolute Gasteiger partial charge is 0.255 e. The topological polar surface area (TPSA) is 59.0 Å². The molecule has 0 aliphatic heterocycles. The van der Waals surface area contributed by atoms with E-state index in [1.165, 1.54) is 31.4 Å². The van der Waals surface area contributed by atoms with Crippen molar-refractivity contribution >= 4 is 11.6 Å². The van der Waals surface area contributed by atoms with Crippen LogP contribution in [0, 0.1) is 5.92 Å². The molecule has 1 aromatic heterocycles. The van der Waals surface area contributed by atoms with E-state index in [2.05, 4.69) is 48.6 Å². The van der Waals surface area contributed by atoms with Gasteiger partial charge in [0.1, 0.15) is 0 Å². The Morgan fingerprint density at radius 2 is 1.96 bits per heavy atom. The Hall–Kier alpha value is -2.14. The lowest BCUT2D eigenvalue weighted by atomic mass is 10.1. The second-order valence-electron chi connectivity index (χ2n) is 8.72. The largest absolute Gasteiger partial charge is 0.319 e. The molecule has 2 saturated carbocycles. The molecule has 2 N–H and O–H groups in total. The van der Waals surface area contributed by atoms with Gasteiger partial charge < -0.3 is 10.6 Å². The van der Waals surface area contributed by atoms with Gasteiger partial charge in [-0.1, -0.05) is 12.1 Å². The Labute approximate surface area is 155 Å². The van der Waals surface area contributed by atoms with Gasteiger partial charge in [0.05, 0.1) is 17.4 Å². The van der Waals surface area contributed by atoms with E-state index in [1.807, 2.05) is 23.0 Å². The van der Waals surface area contributed by atoms with Crippen molar-refractivity contribution in [2.24, 2.45) is 5.92 Å². The van der Waals surface area contributed by atoms with Crippen molar-refractivity contribution in [3.8, 4) is 0 Å². The molecule has 5 nitrogen and oxygen atoms in total. The van der Waals surface area contributed by atoms with E-state index >= 15 is 0 Å². The van der Waals surface area contributed by atoms with E-state index in [0.29, 0.717) is 17.5 Å². The molecule has 138 valence electrons. The number of benzene rings is 1. The van der Waals surface area contributed by atoms with Crippen LogP contribution in [0.3, 0.4) is 0 Å². The minimum Gasteiger partial charge on any atom is -0.319 e. The monoisotopic (exact) mass is 352 g/mol. The summed E-state index contributed by atoms with van der Waals surface area (Å²) in [6, 6.07) is 8.66. The number of aromatic nitrogens is 2. The highest BCUT2D eigenvalue weighted by Gasteiger charge is 2.38. The average Bonchev–Trinajstić information content (AvgIpc) is 3.51. The lowest BCUT2D eigenvalue weighted by molar-refractivity contribution is 0.102. The van der Waals surface area contributed by atoms with Gasteiger partial charge in [0.2, 0.25) is 0 Å². The second-order valence-corrected chi connectivity index (χ2v) is 8.72. The summed E-state index contributed by atoms with van der Waals surface area (Å²) in [5.41, 5.74) is 2.63. The predicted molar refractivity (Wildman–Crippen MR) is 103 cm³/mol. The lowest BCUT2D eigenvalue weighted by Crippen LogP contribution is -2.22. The first-order chi connectivity index (χ1) is 12.4. The fourth-order valence-electron chi connectivity index (χ4n) is 3.27. The zero-order valence-electron chi connectivity index (χ0n) is 15.8. The number of carbonyl (C=O) groups is 1. The van der Waals surface area contributed by atoms with Crippen molar-refractivity contribution in [3.63, 3.8) is 0 Å². The predicted octanol–water partition coefficient (Wildman–Crippen LogP) is 3.75. The molecule has 0 bridgehead atoms. The van der Waals surface area contributed by atoms with E-state index in [0.717, 1.165) is 11.6 Å². The van der Waals surface area contributed by atoms with Gasteiger partial charge in [-0.05, 0) is 70.2 Å². The van der Waals surface area contributed by atoms with E-state index in [4.69, 9.17) is 0 Å². The Morgan fingerprint density at radius 3 is 2.58 bits per heavy atom. The summed E-state index contributed by atoms with van der Waals surface area (Å²) in [5.74, 6) is 1.44. The van der Waals surface area contributed by atoms with Crippen LogP contribution in [0.2, 0.25) is 0 Å². The standard InChI is InChI=1S/C21H28N4O/c1-21(2,3)25-13-17(12-23-25)24-20(26)16-8-6-15(7-9-16)18-10-19(18)22-11-14-4-5-14/h6-9,12-14,18-19,22H,4-5,10-11H2,1-3H3,(H,24,26)/t18-,19+/m0/s1. The molecule has 2 aliphatic carbocycles. The van der Waals surface area contributed by atoms with Gasteiger partial charge in [0.15, 0.2) is 0 Å². The van der Waals surface area contributed by atoms with Gasteiger partial charge >= 0.3 is 0 Å². The first-order valence-electron chi connectivity index (χ1n) is 9.60. The maximum absolute atomic E-state index is 12.5. The van der Waals surface area contributed by atoms with Crippen molar-refractivity contribution in [1.29, 1.82) is 0 Å². The number of anilines is 1. The van der Waals surface area contributed by atoms with Gasteiger partial charge in [-0.3, -0.25) is 9.48 Å². The van der Waals surface area contributed by atoms with Gasteiger partial charge in [-0.2, -0.15) is 5.10 Å². The van der Waals surface area contributed by atoms with Crippen molar-refractivity contribution < 1.29 is 4.79 Å². The zero-order valence-corrected chi connectivity index (χ0v) is 15.8. The van der Waals surface area contributed by atoms with Crippen LogP contribution in [0.15, 0.2) is 36.7 Å². The number of amides is 1. The van der Waals surface area contributed by atoms with Crippen molar-refractivity contribution in [2.45, 2.75) is 57.5 Å². The number of carbonyl (C=O) groups excluding carboxylic acids is 1. The number of rotatable bonds is 6. The molecule has 26 heavy (non-hydrogen) atoms. The molecule has 2 atom stereocenters. The molecule has 2 fully saturated rings. The maximum Gasteiger partial charge on any atom is 0.255 e. The minimum absolute atomic E-state index is 0.0933. The quantitative estimate of drug-likeness (QED) is 0.832. The summed E-state index contributed by atoms with van der Waals surface area (Å²) >= 11 is 0. The fraction of sp³-hybridized carbons (Fsp3) is 0.524. The number of nitrogens with one attached hydrogen (secondary N) is 2. The molecule has 5 heteroatoms. The lowest BCUT2D eigenvalue weighted by Gasteiger charge is -2.18. The molecule has 2 aromatic rings. The van der Waals surface area contributed by atoms with Crippen LogP contribution in [-0.4, -0.2) is 28.3 Å². The van der Waals surface area contributed by atoms with E-state index < -0.39 is 0 Å². The van der Waals surface area contributed by atoms with Gasteiger partial charge in [0, 0.05) is 23.7 Å². The average molecular weight is 352 g/mol. The molecule has 1 aromatic carbocycles. The third-order valence-electron chi connectivity index (χ3n) is 5.28. The van der Waals surface area contributed by atoms with E-state index in [9.17, 15) is 4.79 Å². The first kappa shape index (κ1) is 17.3. The van der Waals surface area contributed by atoms with Gasteiger partial charge in [-0.25, -0.2) is 0 Å². The summed E-state index contributed by atoms with van der Waals surface area (Å²) < 4.78 is 1.85. The van der Waals surface area contributed by atoms with Crippen molar-refractivity contribution in [1.82, 2.24) is 15.1 Å². The Morgan fingerprint density at radius 1 is 1.23 bits per heavy atom. The van der Waals surface area contributed by atoms with Crippen LogP contribution >= 0.6 is 0 Å². The molecule has 0 unspecified atom stereocenters. The molecular formula is C21H28N4O. The molecule has 2 aliphatic rings. The summed E-state index contributed by atoms with van der Waals surface area (Å²) in [5, 5.41) is 10.9. The molecule has 0 spiro atoms. The molecule has 1 amide bonds. The highest BCUT2D eigenvalue weighted by Crippen LogP contribution is 2.41. The van der Waals surface area contributed by atoms with Crippen LogP contribution < -0.4 is 10.6 Å². The van der Waals surface area contributed by atoms with Crippen LogP contribution in [0.25, 0.3) is 0 Å². The number of nitrogens with zero attached hydrogens (tertiary/aromatic N) is 2. The van der Waals surface area contributed by atoms with Crippen LogP contribution in [0.5, 0.6) is 0 Å². The van der Waals surface area contributed by atoms with Crippen molar-refractivity contribution in [3.05, 3.63) is 47.8 Å². The normalized spacial score (nSPS) is 22.3. The SMILES string of the molecule is CC(C)(C)n1cc(NC(=O)c2ccc([C@@H]3C[C@H]3NCC3CC3)cc2)cn1. The molecule has 0 saturated heterocycles. The molecule has 4 rings (SSSR count). The highest BCUT2D eigenvalue weighted by atomic mass is 16.1. The summed E-state index contributed by atoms with van der Waals surface area (Å²) in [4.78, 5) is 12.5. The summed E-state index contributed by atoms with van der Waals surface area (Å²) in [7, 11) is 0. The highest BCUT2D eigenvalue weighted by molar-refractivity contribution is 6.04. The molecule has 0 radical (unpaired) electrons. The molecule has 1 heterocycles. The summed E-state index contributed by atoms with van der Waals surface area (Å²) in [6.45, 7) is 7.41. The second kappa shape index (κ2) is 6.54. The van der Waals surface area contributed by atoms with Crippen LogP contribution in [0.1, 0.15) is 61.9 Å². The summed E-state index contributed by atoms with van der Waals surface area (Å²) in [6.07, 6.45) is 7.56. The maximum atomic E-state index is 12.5. The number of hydrogen-bond acceptors (Lipinski definition) is 3. The third kappa shape index (κ3) is 3.98. The Bertz CT molecular complexity index is 783. The van der Waals surface area contributed by atoms with E-state index in [-0.39, 0.29) is 11.4 Å². The van der Waals surface area contributed by atoms with Crippen LogP contribution in [-0.2, 0) is 5.54 Å². The van der Waals surface area contributed by atoms with E-state index in [1.54, 1.807) is 6.20 Å². The Kier molecular flexibility index (Phi) is 4.35.